The van der Waals surface area contributed by atoms with Gasteiger partial charge >= 0.3 is 0 Å². The number of fused-ring (bicyclic) bond motifs is 1. The number of hydrogen-bond donors (Lipinski definition) is 2. The normalized spacial score (nSPS) is 23.2. The number of piperazine rings is 1. The van der Waals surface area contributed by atoms with Crippen molar-refractivity contribution in [3.8, 4) is 0 Å². The first-order valence-corrected chi connectivity index (χ1v) is 11.7. The maximum atomic E-state index is 12.9. The van der Waals surface area contributed by atoms with E-state index in [0.717, 1.165) is 56.4 Å². The van der Waals surface area contributed by atoms with Crippen LogP contribution in [0.2, 0.25) is 0 Å². The molecular formula is C26H30N4O3. The first kappa shape index (κ1) is 21.6. The molecule has 172 valence electrons. The molecule has 2 fully saturated rings. The summed E-state index contributed by atoms with van der Waals surface area (Å²) in [5.41, 5.74) is 4.23. The summed E-state index contributed by atoms with van der Waals surface area (Å²) in [4.78, 5) is 41.5. The van der Waals surface area contributed by atoms with Crippen LogP contribution in [0.3, 0.4) is 0 Å². The second-order valence-corrected chi connectivity index (χ2v) is 9.58. The lowest BCUT2D eigenvalue weighted by Crippen LogP contribution is -2.48. The van der Waals surface area contributed by atoms with Gasteiger partial charge < -0.3 is 15.5 Å². The molecular weight excluding hydrogens is 416 g/mol. The molecule has 0 bridgehead atoms. The van der Waals surface area contributed by atoms with E-state index in [9.17, 15) is 14.4 Å². The molecule has 2 saturated heterocycles. The van der Waals surface area contributed by atoms with E-state index >= 15 is 0 Å². The van der Waals surface area contributed by atoms with E-state index < -0.39 is 0 Å². The highest BCUT2D eigenvalue weighted by molar-refractivity contribution is 6.04. The molecule has 1 aliphatic carbocycles. The third kappa shape index (κ3) is 4.25. The monoisotopic (exact) mass is 446 g/mol. The van der Waals surface area contributed by atoms with Crippen molar-refractivity contribution in [3.05, 3.63) is 59.2 Å². The molecule has 3 amide bonds. The summed E-state index contributed by atoms with van der Waals surface area (Å²) in [6.07, 6.45) is 4.38. The zero-order chi connectivity index (χ0) is 23.0. The van der Waals surface area contributed by atoms with Gasteiger partial charge in [0.15, 0.2) is 0 Å². The minimum Gasteiger partial charge on any atom is -0.356 e. The maximum Gasteiger partial charge on any atom is 0.255 e. The number of nitrogens with one attached hydrogen (secondary N) is 2. The van der Waals surface area contributed by atoms with Crippen molar-refractivity contribution in [1.29, 1.82) is 0 Å². The Balaban J connectivity index is 1.25. The van der Waals surface area contributed by atoms with Crippen molar-refractivity contribution in [2.75, 3.05) is 43.4 Å². The fourth-order valence-corrected chi connectivity index (χ4v) is 5.33. The molecule has 1 unspecified atom stereocenters. The number of amides is 3. The van der Waals surface area contributed by atoms with Crippen LogP contribution >= 0.6 is 0 Å². The van der Waals surface area contributed by atoms with Gasteiger partial charge in [0.05, 0.1) is 12.0 Å². The molecule has 7 nitrogen and oxygen atoms in total. The van der Waals surface area contributed by atoms with Crippen LogP contribution in [-0.4, -0.2) is 55.8 Å². The van der Waals surface area contributed by atoms with Crippen molar-refractivity contribution < 1.29 is 14.4 Å². The number of anilines is 2. The third-order valence-electron chi connectivity index (χ3n) is 7.32. The summed E-state index contributed by atoms with van der Waals surface area (Å²) in [6, 6.07) is 13.3. The maximum absolute atomic E-state index is 12.9. The van der Waals surface area contributed by atoms with Crippen LogP contribution in [0.25, 0.3) is 0 Å². The lowest BCUT2D eigenvalue weighted by molar-refractivity contribution is -0.134. The van der Waals surface area contributed by atoms with E-state index in [-0.39, 0.29) is 23.1 Å². The number of piperidine rings is 1. The van der Waals surface area contributed by atoms with Gasteiger partial charge in [-0.1, -0.05) is 6.07 Å². The molecule has 0 saturated carbocycles. The van der Waals surface area contributed by atoms with Crippen LogP contribution in [0.1, 0.15) is 40.7 Å². The van der Waals surface area contributed by atoms with Crippen LogP contribution in [0.5, 0.6) is 0 Å². The van der Waals surface area contributed by atoms with Gasteiger partial charge in [0, 0.05) is 36.6 Å². The van der Waals surface area contributed by atoms with E-state index in [1.54, 1.807) is 4.90 Å². The first-order chi connectivity index (χ1) is 15.9. The number of nitrogens with zero attached hydrogens (tertiary/aromatic N) is 2. The number of carbonyl (C=O) groups is 3. The number of rotatable bonds is 3. The molecule has 2 aromatic rings. The smallest absolute Gasteiger partial charge is 0.255 e. The van der Waals surface area contributed by atoms with Gasteiger partial charge in [0.1, 0.15) is 0 Å². The van der Waals surface area contributed by atoms with Crippen molar-refractivity contribution in [1.82, 2.24) is 10.2 Å². The fraction of sp³-hybridized carbons (Fsp3) is 0.423. The number of aryl methyl sites for hydroxylation is 1. The third-order valence-corrected chi connectivity index (χ3v) is 7.32. The van der Waals surface area contributed by atoms with E-state index in [4.69, 9.17) is 0 Å². The molecule has 7 heteroatoms. The van der Waals surface area contributed by atoms with Gasteiger partial charge in [-0.3, -0.25) is 19.3 Å². The summed E-state index contributed by atoms with van der Waals surface area (Å²) in [6.45, 7) is 2.70. The zero-order valence-electron chi connectivity index (χ0n) is 19.0. The Kier molecular flexibility index (Phi) is 5.66. The quantitative estimate of drug-likeness (QED) is 0.760. The van der Waals surface area contributed by atoms with Crippen LogP contribution < -0.4 is 15.5 Å². The van der Waals surface area contributed by atoms with Crippen molar-refractivity contribution in [2.45, 2.75) is 32.1 Å². The molecule has 33 heavy (non-hydrogen) atoms. The van der Waals surface area contributed by atoms with Gasteiger partial charge in [-0.15, -0.1) is 0 Å². The van der Waals surface area contributed by atoms with Crippen LogP contribution in [-0.2, 0) is 22.4 Å². The molecule has 0 aromatic heterocycles. The first-order valence-electron chi connectivity index (χ1n) is 11.7. The van der Waals surface area contributed by atoms with Gasteiger partial charge in [-0.2, -0.15) is 0 Å². The summed E-state index contributed by atoms with van der Waals surface area (Å²) in [7, 11) is 1.94. The molecule has 1 spiro atoms. The van der Waals surface area contributed by atoms with Crippen LogP contribution in [0.4, 0.5) is 11.4 Å². The average molecular weight is 447 g/mol. The van der Waals surface area contributed by atoms with Gasteiger partial charge in [-0.05, 0) is 86.7 Å². The highest BCUT2D eigenvalue weighted by Gasteiger charge is 2.42. The molecule has 0 radical (unpaired) electrons. The molecule has 1 atom stereocenters. The standard InChI is InChI=1S/C26H30N4O3/c1-29-13-14-30(23(31)17-29)22-7-5-21(6-8-22)28-24(32)19-3-4-20-16-26(11-9-18(20)15-19)10-2-12-27-25(26)33/h3-8,15H,2,9-14,16-17H2,1H3,(H,27,33)(H,28,32). The molecule has 2 aromatic carbocycles. The van der Waals surface area contributed by atoms with Crippen molar-refractivity contribution in [2.24, 2.45) is 5.41 Å². The molecule has 5 rings (SSSR count). The Morgan fingerprint density at radius 3 is 2.61 bits per heavy atom. The molecule has 3 aliphatic rings. The largest absolute Gasteiger partial charge is 0.356 e. The molecule has 2 heterocycles. The second-order valence-electron chi connectivity index (χ2n) is 9.58. The van der Waals surface area contributed by atoms with E-state index in [2.05, 4.69) is 10.6 Å². The Labute approximate surface area is 194 Å². The number of carbonyl (C=O) groups excluding carboxylic acids is 3. The predicted octanol–water partition coefficient (Wildman–Crippen LogP) is 2.60. The Morgan fingerprint density at radius 1 is 1.03 bits per heavy atom. The number of benzene rings is 2. The summed E-state index contributed by atoms with van der Waals surface area (Å²) >= 11 is 0. The molecule has 2 aliphatic heterocycles. The van der Waals surface area contributed by atoms with E-state index in [0.29, 0.717) is 24.3 Å². The lowest BCUT2D eigenvalue weighted by atomic mass is 9.67. The average Bonchev–Trinajstić information content (AvgIpc) is 2.81. The topological polar surface area (TPSA) is 81.8 Å². The van der Waals surface area contributed by atoms with Crippen molar-refractivity contribution >= 4 is 29.1 Å². The summed E-state index contributed by atoms with van der Waals surface area (Å²) in [5, 5.41) is 6.00. The second kappa shape index (κ2) is 8.63. The Morgan fingerprint density at radius 2 is 1.85 bits per heavy atom. The van der Waals surface area contributed by atoms with Crippen molar-refractivity contribution in [3.63, 3.8) is 0 Å². The van der Waals surface area contributed by atoms with Gasteiger partial charge in [0.2, 0.25) is 11.8 Å². The number of hydrogen-bond acceptors (Lipinski definition) is 4. The summed E-state index contributed by atoms with van der Waals surface area (Å²) in [5.74, 6) is 0.113. The predicted molar refractivity (Wildman–Crippen MR) is 127 cm³/mol. The molecule has 2 N–H and O–H groups in total. The van der Waals surface area contributed by atoms with Crippen LogP contribution in [0, 0.1) is 5.41 Å². The fourth-order valence-electron chi connectivity index (χ4n) is 5.33. The Hall–Kier alpha value is -3.19. The SMILES string of the molecule is CN1CCN(c2ccc(NC(=O)c3ccc4c(c3)CCC3(CCCNC3=O)C4)cc2)C(=O)C1. The Bertz CT molecular complexity index is 1100. The van der Waals surface area contributed by atoms with E-state index in [1.807, 2.05) is 54.4 Å². The van der Waals surface area contributed by atoms with Gasteiger partial charge in [0.25, 0.3) is 5.91 Å². The zero-order valence-corrected chi connectivity index (χ0v) is 19.0. The minimum atomic E-state index is -0.276. The van der Waals surface area contributed by atoms with Crippen LogP contribution in [0.15, 0.2) is 42.5 Å². The highest BCUT2D eigenvalue weighted by atomic mass is 16.2. The van der Waals surface area contributed by atoms with Gasteiger partial charge in [-0.25, -0.2) is 0 Å². The highest BCUT2D eigenvalue weighted by Crippen LogP contribution is 2.41. The number of likely N-dealkylation sites (N-methyl/N-ethyl adjacent to an activating group) is 1. The minimum absolute atomic E-state index is 0.0853. The lowest BCUT2D eigenvalue weighted by Gasteiger charge is -2.39. The van der Waals surface area contributed by atoms with E-state index in [1.165, 1.54) is 5.56 Å². The summed E-state index contributed by atoms with van der Waals surface area (Å²) < 4.78 is 0.